The number of hydrogen-bond donors (Lipinski definition) is 4. The maximum absolute atomic E-state index is 11.2. The Morgan fingerprint density at radius 3 is 1.13 bits per heavy atom. The van der Waals surface area contributed by atoms with Crippen LogP contribution in [-0.2, 0) is 67.0 Å². The van der Waals surface area contributed by atoms with Crippen LogP contribution >= 0.6 is 0 Å². The van der Waals surface area contributed by atoms with Crippen LogP contribution in [0, 0.1) is 17.8 Å². The second kappa shape index (κ2) is 32.6. The Morgan fingerprint density at radius 2 is 0.841 bits per heavy atom. The van der Waals surface area contributed by atoms with E-state index in [1.54, 1.807) is 26.8 Å². The van der Waals surface area contributed by atoms with Crippen molar-refractivity contribution in [2.24, 2.45) is 33.2 Å². The summed E-state index contributed by atoms with van der Waals surface area (Å²) >= 11 is -2.10. The summed E-state index contributed by atoms with van der Waals surface area (Å²) in [7, 11) is -6.58. The fraction of sp³-hybridized carbons (Fsp3) is 0.538. The van der Waals surface area contributed by atoms with Gasteiger partial charge in [-0.2, -0.15) is 0 Å². The number of nitrogens with two attached hydrogens (primary N) is 3. The monoisotopic (exact) mass is 1040 g/mol. The Kier molecular flexibility index (Phi) is 31.0. The van der Waals surface area contributed by atoms with E-state index in [0.29, 0.717) is 24.3 Å². The van der Waals surface area contributed by atoms with Gasteiger partial charge in [0.05, 0.1) is 15.7 Å². The Bertz CT molecular complexity index is 2300. The van der Waals surface area contributed by atoms with Crippen LogP contribution in [0.5, 0.6) is 0 Å². The van der Waals surface area contributed by atoms with Gasteiger partial charge < -0.3 is 9.45 Å². The van der Waals surface area contributed by atoms with Crippen molar-refractivity contribution in [2.75, 3.05) is 27.2 Å². The predicted octanol–water partition coefficient (Wildman–Crippen LogP) is 9.40. The molecule has 0 bridgehead atoms. The van der Waals surface area contributed by atoms with Gasteiger partial charge in [0.2, 0.25) is 30.1 Å². The molecule has 0 amide bonds. The molecule has 0 aromatic heterocycles. The predicted molar refractivity (Wildman–Crippen MR) is 290 cm³/mol. The minimum atomic E-state index is -3.50. The Balaban J connectivity index is 0.000000846. The SMILES string of the molecule is CC(C)Cc1ccc(C(C)S(N)(=O)=O)cc1.CC(C)Cc1ccc(C(C)S(N)(=O)=O)cc1.CC(C)c1cccc(C(C)S(N)(=O)=O)c1.CCc1ccc(CC(C)C)cc1.CN(C)CCCNS(=O)[O-]. The number of primary sulfonamides is 3. The Morgan fingerprint density at radius 1 is 0.522 bits per heavy atom. The van der Waals surface area contributed by atoms with E-state index >= 15 is 0 Å². The molecule has 0 aliphatic rings. The molecule has 0 fully saturated rings. The van der Waals surface area contributed by atoms with Gasteiger partial charge in [0.25, 0.3) is 0 Å². The molecule has 0 radical (unpaired) electrons. The molecule has 392 valence electrons. The van der Waals surface area contributed by atoms with E-state index in [1.807, 2.05) is 85.7 Å². The lowest BCUT2D eigenvalue weighted by molar-refractivity contribution is 0.399. The quantitative estimate of drug-likeness (QED) is 0.0516. The summed E-state index contributed by atoms with van der Waals surface area (Å²) < 4.78 is 89.2. The standard InChI is InChI=1S/2C12H19NO2S.C12H18.C11H17NO2S.C5H14N2O2S/c2*1-9(2)8-11-4-6-12(7-5-11)10(3)16(13,14)15;1-4-11-5-7-12(8-6-11)9-10(2)3;1-8(2)10-5-4-6-11(7-10)9(3)15(12,13)14;1-7(2)5-3-4-6-10(8)9/h2*4-7,9-10H,8H2,1-3H3,(H2,13,14,15);5-8,10H,4,9H2,1-3H3;4-9H,1-3H3,(H2,12,13,14);6H,3-5H2,1-2H3,(H,8,9)/p-1. The van der Waals surface area contributed by atoms with Crippen molar-refractivity contribution < 1.29 is 34.0 Å². The van der Waals surface area contributed by atoms with Crippen LogP contribution in [0.2, 0.25) is 0 Å². The highest BCUT2D eigenvalue weighted by atomic mass is 32.2. The fourth-order valence-electron chi connectivity index (χ4n) is 6.47. The van der Waals surface area contributed by atoms with Crippen LogP contribution in [-0.4, -0.2) is 66.1 Å². The molecule has 0 heterocycles. The first kappa shape index (κ1) is 65.6. The van der Waals surface area contributed by atoms with Crippen molar-refractivity contribution in [2.45, 2.75) is 137 Å². The minimum absolute atomic E-state index is 0.387. The molecule has 4 unspecified atom stereocenters. The molecule has 0 spiro atoms. The zero-order valence-electron chi connectivity index (χ0n) is 43.8. The molecule has 17 heteroatoms. The zero-order chi connectivity index (χ0) is 53.3. The summed E-state index contributed by atoms with van der Waals surface area (Å²) in [6, 6.07) is 31.8. The van der Waals surface area contributed by atoms with Crippen LogP contribution in [0.3, 0.4) is 0 Å². The van der Waals surface area contributed by atoms with Gasteiger partial charge in [0.15, 0.2) is 0 Å². The maximum Gasteiger partial charge on any atom is 0.215 e. The van der Waals surface area contributed by atoms with E-state index in [-0.39, 0.29) is 0 Å². The summed E-state index contributed by atoms with van der Waals surface area (Å²) in [6.45, 7) is 25.7. The zero-order valence-corrected chi connectivity index (χ0v) is 47.1. The van der Waals surface area contributed by atoms with Crippen molar-refractivity contribution in [1.29, 1.82) is 0 Å². The van der Waals surface area contributed by atoms with Gasteiger partial charge in [-0.05, 0) is 142 Å². The first-order chi connectivity index (χ1) is 31.8. The van der Waals surface area contributed by atoms with E-state index in [2.05, 4.69) is 91.3 Å². The van der Waals surface area contributed by atoms with Crippen molar-refractivity contribution in [3.8, 4) is 0 Å². The van der Waals surface area contributed by atoms with Crippen LogP contribution in [0.4, 0.5) is 0 Å². The average molecular weight is 1040 g/mol. The van der Waals surface area contributed by atoms with Crippen molar-refractivity contribution in [1.82, 2.24) is 9.62 Å². The van der Waals surface area contributed by atoms with Gasteiger partial charge in [-0.3, -0.25) is 4.21 Å². The largest absolute Gasteiger partial charge is 0.760 e. The lowest BCUT2D eigenvalue weighted by Gasteiger charge is -2.12. The number of sulfonamides is 3. The van der Waals surface area contributed by atoms with Gasteiger partial charge in [0.1, 0.15) is 0 Å². The van der Waals surface area contributed by atoms with E-state index < -0.39 is 57.1 Å². The van der Waals surface area contributed by atoms with E-state index in [4.69, 9.17) is 15.4 Å². The second-order valence-electron chi connectivity index (χ2n) is 19.3. The molecule has 4 rings (SSSR count). The summed E-state index contributed by atoms with van der Waals surface area (Å²) in [5.74, 6) is 2.35. The fourth-order valence-corrected chi connectivity index (χ4v) is 8.38. The van der Waals surface area contributed by atoms with Gasteiger partial charge in [0, 0.05) is 17.8 Å². The molecule has 4 aromatic rings. The van der Waals surface area contributed by atoms with E-state index in [0.717, 1.165) is 60.4 Å². The highest BCUT2D eigenvalue weighted by Crippen LogP contribution is 2.24. The topological polar surface area (TPSA) is 236 Å². The molecule has 0 aliphatic carbocycles. The van der Waals surface area contributed by atoms with Gasteiger partial charge in [-0.1, -0.05) is 159 Å². The molecule has 0 saturated heterocycles. The number of hydrogen-bond acceptors (Lipinski definition) is 9. The molecule has 4 aromatic carbocycles. The molecule has 0 aliphatic heterocycles. The van der Waals surface area contributed by atoms with Crippen molar-refractivity contribution in [3.05, 3.63) is 142 Å². The van der Waals surface area contributed by atoms with Crippen molar-refractivity contribution >= 4 is 41.3 Å². The molecular weight excluding hydrogens is 951 g/mol. The first-order valence-electron chi connectivity index (χ1n) is 23.7. The minimum Gasteiger partial charge on any atom is -0.760 e. The first-order valence-corrected chi connectivity index (χ1v) is 29.6. The molecule has 69 heavy (non-hydrogen) atoms. The maximum atomic E-state index is 11.2. The third-order valence-electron chi connectivity index (χ3n) is 10.8. The highest BCUT2D eigenvalue weighted by molar-refractivity contribution is 7.89. The van der Waals surface area contributed by atoms with E-state index in [9.17, 15) is 34.0 Å². The van der Waals surface area contributed by atoms with Gasteiger partial charge >= 0.3 is 0 Å². The Labute approximate surface area is 421 Å². The summed E-state index contributed by atoms with van der Waals surface area (Å²) in [5, 5.41) is 13.4. The lowest BCUT2D eigenvalue weighted by Crippen LogP contribution is -2.22. The van der Waals surface area contributed by atoms with E-state index in [1.165, 1.54) is 28.7 Å². The summed E-state index contributed by atoms with van der Waals surface area (Å²) in [5.41, 5.74) is 8.71. The third kappa shape index (κ3) is 30.2. The van der Waals surface area contributed by atoms with Crippen LogP contribution in [0.1, 0.15) is 156 Å². The molecule has 13 nitrogen and oxygen atoms in total. The molecule has 7 N–H and O–H groups in total. The Hall–Kier alpha value is -3.36. The number of nitrogens with one attached hydrogen (secondary N) is 1. The van der Waals surface area contributed by atoms with Crippen LogP contribution in [0.15, 0.2) is 97.1 Å². The summed E-state index contributed by atoms with van der Waals surface area (Å²) in [6.07, 6.45) is 5.20. The second-order valence-corrected chi connectivity index (χ2v) is 25.7. The number of benzene rings is 4. The van der Waals surface area contributed by atoms with Gasteiger partial charge in [-0.25, -0.2) is 45.4 Å². The summed E-state index contributed by atoms with van der Waals surface area (Å²) in [4.78, 5) is 2.01. The van der Waals surface area contributed by atoms with Gasteiger partial charge in [-0.15, -0.1) is 0 Å². The van der Waals surface area contributed by atoms with Crippen molar-refractivity contribution in [3.63, 3.8) is 0 Å². The van der Waals surface area contributed by atoms with Crippen LogP contribution < -0.4 is 20.1 Å². The smallest absolute Gasteiger partial charge is 0.215 e. The average Bonchev–Trinajstić information content (AvgIpc) is 3.24. The number of nitrogens with zero attached hydrogens (tertiary/aromatic N) is 1. The number of rotatable bonds is 19. The number of aryl methyl sites for hydroxylation is 1. The molecular formula is C52H86N5O8S4-. The third-order valence-corrected chi connectivity index (χ3v) is 15.0. The molecule has 0 saturated carbocycles. The molecule has 4 atom stereocenters. The van der Waals surface area contributed by atoms with Crippen LogP contribution in [0.25, 0.3) is 0 Å². The lowest BCUT2D eigenvalue weighted by atomic mass is 10.00. The normalized spacial score (nSPS) is 13.5. The highest BCUT2D eigenvalue weighted by Gasteiger charge is 2.20.